The van der Waals surface area contributed by atoms with Crippen LogP contribution in [0.25, 0.3) is 10.8 Å². The van der Waals surface area contributed by atoms with Crippen LogP contribution >= 0.6 is 0 Å². The molecule has 0 saturated carbocycles. The highest BCUT2D eigenvalue weighted by Gasteiger charge is 2.22. The van der Waals surface area contributed by atoms with Gasteiger partial charge in [0.15, 0.2) is 5.75 Å². The van der Waals surface area contributed by atoms with Gasteiger partial charge < -0.3 is 35.3 Å². The van der Waals surface area contributed by atoms with Gasteiger partial charge in [-0.05, 0) is 47.4 Å². The molecule has 0 aliphatic heterocycles. The molecule has 0 unspecified atom stereocenters. The number of aromatic nitrogens is 1. The molecule has 5 rings (SSSR count). The molecule has 1 aromatic heterocycles. The van der Waals surface area contributed by atoms with Crippen LogP contribution in [0, 0.1) is 0 Å². The van der Waals surface area contributed by atoms with Crippen molar-refractivity contribution in [3.05, 3.63) is 96.2 Å². The fraction of sp³-hybridized carbons (Fsp3) is 0.216. The molecule has 0 saturated heterocycles. The number of anilines is 5. The highest BCUT2D eigenvalue weighted by atomic mass is 32.2. The molecule has 0 fully saturated rings. The Morgan fingerprint density at radius 1 is 0.824 bits per heavy atom. The van der Waals surface area contributed by atoms with Crippen LogP contribution in [0.15, 0.2) is 85.1 Å². The number of pyridine rings is 1. The van der Waals surface area contributed by atoms with Crippen molar-refractivity contribution in [3.63, 3.8) is 0 Å². The average molecular weight is 714 g/mol. The Kier molecular flexibility index (Phi) is 10.6. The van der Waals surface area contributed by atoms with Crippen molar-refractivity contribution in [1.82, 2.24) is 4.98 Å². The van der Waals surface area contributed by atoms with E-state index >= 15 is 0 Å². The van der Waals surface area contributed by atoms with Crippen molar-refractivity contribution < 1.29 is 37.3 Å². The molecule has 5 N–H and O–H groups in total. The van der Waals surface area contributed by atoms with Gasteiger partial charge in [-0.2, -0.15) is 0 Å². The maximum atomic E-state index is 13.4. The second-order valence-electron chi connectivity index (χ2n) is 12.7. The fourth-order valence-electron chi connectivity index (χ4n) is 5.34. The van der Waals surface area contributed by atoms with Gasteiger partial charge in [-0.1, -0.05) is 51.1 Å². The number of urea groups is 1. The van der Waals surface area contributed by atoms with Crippen LogP contribution < -0.4 is 34.9 Å². The quantitative estimate of drug-likeness (QED) is 0.0860. The summed E-state index contributed by atoms with van der Waals surface area (Å²) in [6.45, 7) is 5.93. The Labute approximate surface area is 296 Å². The monoisotopic (exact) mass is 713 g/mol. The predicted molar refractivity (Wildman–Crippen MR) is 199 cm³/mol. The average Bonchev–Trinajstić information content (AvgIpc) is 3.05. The van der Waals surface area contributed by atoms with Crippen molar-refractivity contribution in [2.45, 2.75) is 32.6 Å². The van der Waals surface area contributed by atoms with Crippen molar-refractivity contribution >= 4 is 61.4 Å². The van der Waals surface area contributed by atoms with E-state index in [1.54, 1.807) is 60.8 Å². The maximum absolute atomic E-state index is 13.4. The van der Waals surface area contributed by atoms with E-state index in [0.29, 0.717) is 45.4 Å². The Bertz CT molecular complexity index is 2220. The smallest absolute Gasteiger partial charge is 0.323 e. The number of nitrogens with zero attached hydrogens (tertiary/aromatic N) is 1. The summed E-state index contributed by atoms with van der Waals surface area (Å²) < 4.78 is 43.9. The van der Waals surface area contributed by atoms with Crippen molar-refractivity contribution in [2.24, 2.45) is 0 Å². The zero-order valence-electron chi connectivity index (χ0n) is 29.0. The zero-order valence-corrected chi connectivity index (χ0v) is 29.8. The van der Waals surface area contributed by atoms with Crippen molar-refractivity contribution in [3.8, 4) is 23.0 Å². The lowest BCUT2D eigenvalue weighted by Crippen LogP contribution is -2.22. The Balaban J connectivity index is 1.37. The van der Waals surface area contributed by atoms with Crippen LogP contribution in [0.5, 0.6) is 23.0 Å². The summed E-state index contributed by atoms with van der Waals surface area (Å²) in [5.74, 6) is 1.16. The maximum Gasteiger partial charge on any atom is 0.323 e. The lowest BCUT2D eigenvalue weighted by molar-refractivity contribution is -0.136. The van der Waals surface area contributed by atoms with Gasteiger partial charge in [0.05, 0.1) is 44.0 Å². The number of methoxy groups -OCH3 is 2. The Hall–Kier alpha value is -6.02. The summed E-state index contributed by atoms with van der Waals surface area (Å²) in [6, 6.07) is 22.3. The number of ether oxygens (including phenoxy) is 3. The summed E-state index contributed by atoms with van der Waals surface area (Å²) >= 11 is 0. The molecule has 51 heavy (non-hydrogen) atoms. The lowest BCUT2D eigenvalue weighted by Gasteiger charge is -2.24. The predicted octanol–water partition coefficient (Wildman–Crippen LogP) is 7.73. The fourth-order valence-corrected chi connectivity index (χ4v) is 5.90. The topological polar surface area (TPSA) is 177 Å². The Morgan fingerprint density at radius 2 is 1.53 bits per heavy atom. The van der Waals surface area contributed by atoms with E-state index in [9.17, 15) is 18.0 Å². The van der Waals surface area contributed by atoms with Crippen LogP contribution in [0.2, 0.25) is 0 Å². The first-order valence-corrected chi connectivity index (χ1v) is 17.6. The highest BCUT2D eigenvalue weighted by Crippen LogP contribution is 2.40. The van der Waals surface area contributed by atoms with Crippen LogP contribution in [0.1, 0.15) is 31.9 Å². The number of carboxylic acids is 1. The van der Waals surface area contributed by atoms with Crippen LogP contribution in [-0.4, -0.2) is 51.0 Å². The van der Waals surface area contributed by atoms with E-state index in [-0.39, 0.29) is 29.0 Å². The van der Waals surface area contributed by atoms with E-state index in [0.717, 1.165) is 17.2 Å². The molecule has 5 aromatic rings. The van der Waals surface area contributed by atoms with Gasteiger partial charge in [-0.15, -0.1) is 0 Å². The van der Waals surface area contributed by atoms with Crippen molar-refractivity contribution in [1.29, 1.82) is 0 Å². The molecule has 13 nitrogen and oxygen atoms in total. The van der Waals surface area contributed by atoms with Gasteiger partial charge >= 0.3 is 12.0 Å². The molecule has 2 amide bonds. The minimum atomic E-state index is -3.64. The molecule has 4 aromatic carbocycles. The van der Waals surface area contributed by atoms with Gasteiger partial charge in [0.2, 0.25) is 10.0 Å². The van der Waals surface area contributed by atoms with Gasteiger partial charge in [0, 0.05) is 40.4 Å². The largest absolute Gasteiger partial charge is 0.496 e. The first-order chi connectivity index (χ1) is 24.1. The number of carbonyl (C=O) groups excluding carboxylic acids is 1. The zero-order chi connectivity index (χ0) is 36.9. The van der Waals surface area contributed by atoms with Gasteiger partial charge in [0.1, 0.15) is 23.1 Å². The summed E-state index contributed by atoms with van der Waals surface area (Å²) in [6.07, 6.45) is 2.48. The third-order valence-electron chi connectivity index (χ3n) is 7.70. The molecule has 14 heteroatoms. The number of carbonyl (C=O) groups is 2. The highest BCUT2D eigenvalue weighted by molar-refractivity contribution is 7.92. The number of carboxylic acid groups (broad SMARTS) is 1. The normalized spacial score (nSPS) is 11.4. The number of fused-ring (bicyclic) bond motifs is 1. The number of sulfonamides is 1. The third-order valence-corrected chi connectivity index (χ3v) is 8.29. The lowest BCUT2D eigenvalue weighted by atomic mass is 9.86. The number of aliphatic carboxylic acids is 1. The van der Waals surface area contributed by atoms with Crippen LogP contribution in [-0.2, 0) is 26.7 Å². The van der Waals surface area contributed by atoms with Gasteiger partial charge in [-0.25, -0.2) is 18.2 Å². The molecular formula is C37H39N5O8S. The standard InChI is InChI=1S/C37H39N5O8S/c1-37(2,3)23-18-29(35(49-5)30(19-23)42-51(6,46)47)41-36(45)40-28-13-14-31(27-10-8-7-9-26(27)28)50-25-15-16-38-33(21-25)39-24-12-11-22(17-34(43)44)32(20-24)48-4/h7-16,18-21,42H,17H2,1-6H3,(H,38,39)(H,43,44)(H2,40,41,45). The van der Waals surface area contributed by atoms with Gasteiger partial charge in [0.25, 0.3) is 0 Å². The number of nitrogens with one attached hydrogen (secondary N) is 4. The van der Waals surface area contributed by atoms with Gasteiger partial charge in [-0.3, -0.25) is 9.52 Å². The second-order valence-corrected chi connectivity index (χ2v) is 14.4. The molecule has 266 valence electrons. The van der Waals surface area contributed by atoms with E-state index < -0.39 is 22.0 Å². The summed E-state index contributed by atoms with van der Waals surface area (Å²) in [7, 11) is -0.761. The van der Waals surface area contributed by atoms with E-state index in [2.05, 4.69) is 25.7 Å². The minimum absolute atomic E-state index is 0.163. The van der Waals surface area contributed by atoms with E-state index in [1.807, 2.05) is 45.0 Å². The van der Waals surface area contributed by atoms with Crippen molar-refractivity contribution in [2.75, 3.05) is 41.1 Å². The minimum Gasteiger partial charge on any atom is -0.496 e. The molecule has 0 spiro atoms. The van der Waals surface area contributed by atoms with Crippen LogP contribution in [0.4, 0.5) is 33.4 Å². The van der Waals surface area contributed by atoms with Crippen LogP contribution in [0.3, 0.4) is 0 Å². The molecule has 0 radical (unpaired) electrons. The molecule has 1 heterocycles. The molecular weight excluding hydrogens is 675 g/mol. The third kappa shape index (κ3) is 9.16. The number of benzene rings is 4. The number of amides is 2. The summed E-state index contributed by atoms with van der Waals surface area (Å²) in [5, 5.41) is 19.5. The molecule has 0 aliphatic carbocycles. The molecule has 0 aliphatic rings. The molecule has 0 atom stereocenters. The second kappa shape index (κ2) is 14.8. The molecule has 0 bridgehead atoms. The summed E-state index contributed by atoms with van der Waals surface area (Å²) in [4.78, 5) is 29.0. The first-order valence-electron chi connectivity index (χ1n) is 15.7. The first kappa shape index (κ1) is 36.3. The number of rotatable bonds is 12. The SMILES string of the molecule is COc1cc(Nc2cc(Oc3ccc(NC(=O)Nc4cc(C(C)(C)C)cc(NS(C)(=O)=O)c4OC)c4ccccc34)ccn2)ccc1CC(=O)O. The van der Waals surface area contributed by atoms with E-state index in [4.69, 9.17) is 19.3 Å². The number of hydrogen-bond acceptors (Lipinski definition) is 9. The Morgan fingerprint density at radius 3 is 2.20 bits per heavy atom. The number of hydrogen-bond donors (Lipinski definition) is 5. The summed E-state index contributed by atoms with van der Waals surface area (Å²) in [5.41, 5.74) is 2.61. The van der Waals surface area contributed by atoms with E-state index in [1.165, 1.54) is 14.2 Å².